The summed E-state index contributed by atoms with van der Waals surface area (Å²) in [7, 11) is 1.88. The Hall–Kier alpha value is -1.35. The van der Waals surface area contributed by atoms with Gasteiger partial charge in [-0.25, -0.2) is 4.98 Å². The molecule has 0 aliphatic heterocycles. The monoisotopic (exact) mass is 207 g/mol. The third-order valence-corrected chi connectivity index (χ3v) is 2.31. The Bertz CT molecular complexity index is 513. The highest BCUT2D eigenvalue weighted by molar-refractivity contribution is 6.30. The van der Waals surface area contributed by atoms with E-state index in [0.717, 1.165) is 22.2 Å². The van der Waals surface area contributed by atoms with Crippen LogP contribution in [0.25, 0.3) is 16.5 Å². The number of hydrogen-bond acceptors (Lipinski definition) is 2. The van der Waals surface area contributed by atoms with Gasteiger partial charge in [0.1, 0.15) is 5.15 Å². The number of aromatic nitrogens is 3. The Kier molecular flexibility index (Phi) is 2.04. The van der Waals surface area contributed by atoms with Crippen molar-refractivity contribution >= 4 is 28.1 Å². The SMILES string of the molecule is C=C(C)c1nn(C)c2cnc(Cl)cc12. The molecule has 14 heavy (non-hydrogen) atoms. The molecular formula is C10H10ClN3. The van der Waals surface area contributed by atoms with Crippen LogP contribution in [0.2, 0.25) is 5.15 Å². The lowest BCUT2D eigenvalue weighted by Gasteiger charge is -1.94. The van der Waals surface area contributed by atoms with Crippen LogP contribution in [0.3, 0.4) is 0 Å². The summed E-state index contributed by atoms with van der Waals surface area (Å²) in [6.07, 6.45) is 1.72. The highest BCUT2D eigenvalue weighted by atomic mass is 35.5. The van der Waals surface area contributed by atoms with Crippen LogP contribution in [-0.2, 0) is 7.05 Å². The van der Waals surface area contributed by atoms with Crippen molar-refractivity contribution in [2.45, 2.75) is 6.92 Å². The highest BCUT2D eigenvalue weighted by Crippen LogP contribution is 2.24. The summed E-state index contributed by atoms with van der Waals surface area (Å²) in [5.41, 5.74) is 2.78. The summed E-state index contributed by atoms with van der Waals surface area (Å²) in [5, 5.41) is 5.83. The van der Waals surface area contributed by atoms with E-state index in [1.807, 2.05) is 20.0 Å². The summed E-state index contributed by atoms with van der Waals surface area (Å²) in [6, 6.07) is 1.81. The maximum absolute atomic E-state index is 5.83. The molecule has 2 aromatic rings. The Morgan fingerprint density at radius 2 is 2.29 bits per heavy atom. The molecule has 2 aromatic heterocycles. The molecule has 0 saturated heterocycles. The minimum atomic E-state index is 0.480. The summed E-state index contributed by atoms with van der Waals surface area (Å²) in [4.78, 5) is 4.02. The van der Waals surface area contributed by atoms with Gasteiger partial charge >= 0.3 is 0 Å². The number of hydrogen-bond donors (Lipinski definition) is 0. The molecule has 0 radical (unpaired) electrons. The van der Waals surface area contributed by atoms with Crippen LogP contribution in [-0.4, -0.2) is 14.8 Å². The zero-order valence-corrected chi connectivity index (χ0v) is 8.84. The second kappa shape index (κ2) is 3.10. The van der Waals surface area contributed by atoms with Crippen LogP contribution in [0.4, 0.5) is 0 Å². The van der Waals surface area contributed by atoms with Gasteiger partial charge in [0.2, 0.25) is 0 Å². The van der Waals surface area contributed by atoms with E-state index in [1.165, 1.54) is 0 Å². The molecule has 0 atom stereocenters. The average Bonchev–Trinajstić information content (AvgIpc) is 2.43. The summed E-state index contributed by atoms with van der Waals surface area (Å²) >= 11 is 5.83. The number of nitrogens with zero attached hydrogens (tertiary/aromatic N) is 3. The molecule has 4 heteroatoms. The molecule has 0 amide bonds. The molecule has 0 unspecified atom stereocenters. The van der Waals surface area contributed by atoms with Crippen LogP contribution < -0.4 is 0 Å². The van der Waals surface area contributed by atoms with Gasteiger partial charge in [0, 0.05) is 12.4 Å². The third-order valence-electron chi connectivity index (χ3n) is 2.11. The molecule has 0 aromatic carbocycles. The lowest BCUT2D eigenvalue weighted by Crippen LogP contribution is -1.90. The van der Waals surface area contributed by atoms with E-state index in [1.54, 1.807) is 10.9 Å². The van der Waals surface area contributed by atoms with Crippen molar-refractivity contribution in [1.82, 2.24) is 14.8 Å². The molecular weight excluding hydrogens is 198 g/mol. The molecule has 2 rings (SSSR count). The van der Waals surface area contributed by atoms with Gasteiger partial charge in [0.25, 0.3) is 0 Å². The zero-order valence-electron chi connectivity index (χ0n) is 8.08. The van der Waals surface area contributed by atoms with Gasteiger partial charge < -0.3 is 0 Å². The van der Waals surface area contributed by atoms with Crippen LogP contribution in [0, 0.1) is 0 Å². The van der Waals surface area contributed by atoms with Crippen LogP contribution in [0.15, 0.2) is 18.8 Å². The van der Waals surface area contributed by atoms with Gasteiger partial charge in [-0.3, -0.25) is 4.68 Å². The molecule has 3 nitrogen and oxygen atoms in total. The average molecular weight is 208 g/mol. The van der Waals surface area contributed by atoms with Crippen molar-refractivity contribution in [2.24, 2.45) is 7.05 Å². The van der Waals surface area contributed by atoms with Crippen LogP contribution >= 0.6 is 11.6 Å². The molecule has 72 valence electrons. The van der Waals surface area contributed by atoms with Gasteiger partial charge in [-0.1, -0.05) is 18.2 Å². The lowest BCUT2D eigenvalue weighted by atomic mass is 10.1. The van der Waals surface area contributed by atoms with Crippen molar-refractivity contribution in [1.29, 1.82) is 0 Å². The third kappa shape index (κ3) is 1.30. The molecule has 0 spiro atoms. The first-order chi connectivity index (χ1) is 6.59. The number of allylic oxidation sites excluding steroid dienone is 1. The van der Waals surface area contributed by atoms with Gasteiger partial charge in [-0.15, -0.1) is 0 Å². The Labute approximate surface area is 87.0 Å². The minimum absolute atomic E-state index is 0.480. The van der Waals surface area contributed by atoms with E-state index in [0.29, 0.717) is 5.15 Å². The molecule has 0 aliphatic carbocycles. The first-order valence-corrected chi connectivity index (χ1v) is 4.61. The summed E-state index contributed by atoms with van der Waals surface area (Å²) in [5.74, 6) is 0. The summed E-state index contributed by atoms with van der Waals surface area (Å²) < 4.78 is 1.78. The Balaban J connectivity index is 2.85. The lowest BCUT2D eigenvalue weighted by molar-refractivity contribution is 0.790. The van der Waals surface area contributed by atoms with E-state index in [9.17, 15) is 0 Å². The van der Waals surface area contributed by atoms with E-state index in [-0.39, 0.29) is 0 Å². The Morgan fingerprint density at radius 3 is 2.93 bits per heavy atom. The molecule has 0 saturated carbocycles. The van der Waals surface area contributed by atoms with E-state index >= 15 is 0 Å². The minimum Gasteiger partial charge on any atom is -0.266 e. The second-order valence-electron chi connectivity index (χ2n) is 3.28. The van der Waals surface area contributed by atoms with E-state index < -0.39 is 0 Å². The fourth-order valence-electron chi connectivity index (χ4n) is 1.44. The van der Waals surface area contributed by atoms with Gasteiger partial charge in [0.05, 0.1) is 17.4 Å². The molecule has 0 bridgehead atoms. The van der Waals surface area contributed by atoms with Crippen LogP contribution in [0.1, 0.15) is 12.6 Å². The molecule has 0 fully saturated rings. The van der Waals surface area contributed by atoms with Crippen molar-refractivity contribution in [2.75, 3.05) is 0 Å². The standard InChI is InChI=1S/C10H10ClN3/c1-6(2)10-7-4-9(11)12-5-8(7)14(3)13-10/h4-5H,1H2,2-3H3. The topological polar surface area (TPSA) is 30.7 Å². The first-order valence-electron chi connectivity index (χ1n) is 4.23. The number of aryl methyl sites for hydroxylation is 1. The number of pyridine rings is 1. The maximum atomic E-state index is 5.83. The Morgan fingerprint density at radius 1 is 1.57 bits per heavy atom. The van der Waals surface area contributed by atoms with Crippen molar-refractivity contribution in [3.63, 3.8) is 0 Å². The van der Waals surface area contributed by atoms with Crippen LogP contribution in [0.5, 0.6) is 0 Å². The second-order valence-corrected chi connectivity index (χ2v) is 3.66. The predicted molar refractivity (Wildman–Crippen MR) is 58.2 cm³/mol. The molecule has 0 N–H and O–H groups in total. The van der Waals surface area contributed by atoms with E-state index in [4.69, 9.17) is 11.6 Å². The number of halogens is 1. The van der Waals surface area contributed by atoms with E-state index in [2.05, 4.69) is 16.7 Å². The van der Waals surface area contributed by atoms with Crippen molar-refractivity contribution < 1.29 is 0 Å². The van der Waals surface area contributed by atoms with Gasteiger partial charge in [0.15, 0.2) is 0 Å². The number of rotatable bonds is 1. The quantitative estimate of drug-likeness (QED) is 0.674. The largest absolute Gasteiger partial charge is 0.266 e. The fourth-order valence-corrected chi connectivity index (χ4v) is 1.60. The zero-order chi connectivity index (χ0) is 10.3. The predicted octanol–water partition coefficient (Wildman–Crippen LogP) is 2.65. The van der Waals surface area contributed by atoms with Crippen molar-refractivity contribution in [3.05, 3.63) is 29.7 Å². The summed E-state index contributed by atoms with van der Waals surface area (Å²) in [6.45, 7) is 5.81. The normalized spacial score (nSPS) is 10.8. The number of fused-ring (bicyclic) bond motifs is 1. The van der Waals surface area contributed by atoms with Gasteiger partial charge in [-0.05, 0) is 18.6 Å². The molecule has 0 aliphatic rings. The van der Waals surface area contributed by atoms with Crippen molar-refractivity contribution in [3.8, 4) is 0 Å². The highest BCUT2D eigenvalue weighted by Gasteiger charge is 2.09. The van der Waals surface area contributed by atoms with Gasteiger partial charge in [-0.2, -0.15) is 5.10 Å². The fraction of sp³-hybridized carbons (Fsp3) is 0.200. The first kappa shape index (κ1) is 9.21. The maximum Gasteiger partial charge on any atom is 0.129 e. The molecule has 2 heterocycles. The smallest absolute Gasteiger partial charge is 0.129 e.